The molecule has 11 heteroatoms. The zero-order valence-electron chi connectivity index (χ0n) is 13.3. The van der Waals surface area contributed by atoms with Gasteiger partial charge in [-0.15, -0.1) is 5.48 Å². The molecule has 24 heavy (non-hydrogen) atoms. The first-order chi connectivity index (χ1) is 11.3. The summed E-state index contributed by atoms with van der Waals surface area (Å²) < 4.78 is 20.0. The van der Waals surface area contributed by atoms with Gasteiger partial charge in [-0.3, -0.25) is 19.2 Å². The van der Waals surface area contributed by atoms with Crippen LogP contribution in [0.3, 0.4) is 0 Å². The van der Waals surface area contributed by atoms with Crippen molar-refractivity contribution < 1.29 is 48.1 Å². The van der Waals surface area contributed by atoms with E-state index in [0.29, 0.717) is 0 Å². The van der Waals surface area contributed by atoms with Crippen molar-refractivity contribution >= 4 is 24.4 Å². The number of esters is 3. The summed E-state index contributed by atoms with van der Waals surface area (Å²) in [5.74, 6) is -2.11. The molecule has 0 radical (unpaired) electrons. The van der Waals surface area contributed by atoms with E-state index in [0.717, 1.165) is 20.8 Å². The minimum absolute atomic E-state index is 0.0690. The fourth-order valence-electron chi connectivity index (χ4n) is 2.16. The maximum Gasteiger partial charge on any atom is 0.312 e. The molecule has 0 spiro atoms. The lowest BCUT2D eigenvalue weighted by molar-refractivity contribution is -0.280. The van der Waals surface area contributed by atoms with Gasteiger partial charge in [0.1, 0.15) is 18.8 Å². The Morgan fingerprint density at radius 3 is 2.17 bits per heavy atom. The second-order valence-corrected chi connectivity index (χ2v) is 4.87. The van der Waals surface area contributed by atoms with Crippen LogP contribution >= 0.6 is 0 Å². The molecule has 136 valence electrons. The van der Waals surface area contributed by atoms with Crippen LogP contribution in [-0.2, 0) is 43.0 Å². The van der Waals surface area contributed by atoms with E-state index in [2.05, 4.69) is 10.3 Å². The van der Waals surface area contributed by atoms with Crippen molar-refractivity contribution in [3.05, 3.63) is 0 Å². The van der Waals surface area contributed by atoms with Crippen molar-refractivity contribution in [3.63, 3.8) is 0 Å². The average molecular weight is 349 g/mol. The normalized spacial score (nSPS) is 29.2. The quantitative estimate of drug-likeness (QED) is 0.232. The largest absolute Gasteiger partial charge is 0.463 e. The maximum atomic E-state index is 11.3. The Labute approximate surface area is 137 Å². The second kappa shape index (κ2) is 9.15. The van der Waals surface area contributed by atoms with Crippen molar-refractivity contribution in [2.45, 2.75) is 51.4 Å². The second-order valence-electron chi connectivity index (χ2n) is 4.87. The summed E-state index contributed by atoms with van der Waals surface area (Å²) in [6.45, 7) is 3.09. The lowest BCUT2D eigenvalue weighted by Gasteiger charge is -2.42. The van der Waals surface area contributed by atoms with Gasteiger partial charge in [-0.1, -0.05) is 0 Å². The molecule has 0 aromatic heterocycles. The molecule has 11 nitrogen and oxygen atoms in total. The van der Waals surface area contributed by atoms with E-state index in [4.69, 9.17) is 18.9 Å². The number of aliphatic hydroxyl groups is 1. The van der Waals surface area contributed by atoms with Crippen LogP contribution in [0.4, 0.5) is 0 Å². The van der Waals surface area contributed by atoms with Crippen LogP contribution in [0.25, 0.3) is 0 Å². The molecule has 0 aliphatic carbocycles. The van der Waals surface area contributed by atoms with Gasteiger partial charge in [0.15, 0.2) is 18.5 Å². The number of hydroxylamine groups is 1. The van der Waals surface area contributed by atoms with Gasteiger partial charge in [0.2, 0.25) is 0 Å². The van der Waals surface area contributed by atoms with E-state index in [1.807, 2.05) is 0 Å². The van der Waals surface area contributed by atoms with Crippen molar-refractivity contribution in [3.8, 4) is 0 Å². The lowest BCUT2D eigenvalue weighted by Crippen LogP contribution is -2.65. The number of aliphatic hydroxyl groups excluding tert-OH is 1. The van der Waals surface area contributed by atoms with E-state index in [-0.39, 0.29) is 13.1 Å². The number of ether oxygens (including phenoxy) is 4. The van der Waals surface area contributed by atoms with E-state index in [1.165, 1.54) is 0 Å². The molecule has 1 saturated heterocycles. The molecule has 0 bridgehead atoms. The first-order valence-electron chi connectivity index (χ1n) is 6.92. The number of nitrogens with one attached hydrogen (secondary N) is 1. The number of carbonyl (C=O) groups excluding carboxylic acids is 4. The van der Waals surface area contributed by atoms with Gasteiger partial charge in [-0.05, 0) is 0 Å². The first kappa shape index (κ1) is 19.8. The van der Waals surface area contributed by atoms with Crippen molar-refractivity contribution in [2.75, 3.05) is 6.61 Å². The summed E-state index contributed by atoms with van der Waals surface area (Å²) in [7, 11) is 0. The predicted molar refractivity (Wildman–Crippen MR) is 72.7 cm³/mol. The summed E-state index contributed by atoms with van der Waals surface area (Å²) in [6.07, 6.45) is -5.36. The Balaban J connectivity index is 3.05. The summed E-state index contributed by atoms with van der Waals surface area (Å²) in [5, 5.41) is 10.0. The Kier molecular flexibility index (Phi) is 7.55. The van der Waals surface area contributed by atoms with Gasteiger partial charge < -0.3 is 28.9 Å². The molecule has 1 aliphatic heterocycles. The van der Waals surface area contributed by atoms with Crippen LogP contribution in [0, 0.1) is 0 Å². The number of hydrogen-bond donors (Lipinski definition) is 2. The molecule has 1 unspecified atom stereocenters. The summed E-state index contributed by atoms with van der Waals surface area (Å²) in [5.41, 5.74) is 2.26. The molecule has 1 heterocycles. The van der Waals surface area contributed by atoms with Gasteiger partial charge in [0.05, 0.1) is 0 Å². The molecule has 0 amide bonds. The SMILES string of the molecule is CC(=O)OC[C@H]1OC(O)[C@@H](OC(C)=O)[C@@H](OC(C)=O)[C@@H]1NOC=O. The molecular formula is C13H19NO10. The van der Waals surface area contributed by atoms with E-state index in [1.54, 1.807) is 0 Å². The molecule has 1 rings (SSSR count). The van der Waals surface area contributed by atoms with E-state index in [9.17, 15) is 24.3 Å². The fourth-order valence-corrected chi connectivity index (χ4v) is 2.16. The van der Waals surface area contributed by atoms with Crippen LogP contribution in [0.2, 0.25) is 0 Å². The van der Waals surface area contributed by atoms with Gasteiger partial charge in [0.25, 0.3) is 0 Å². The average Bonchev–Trinajstić information content (AvgIpc) is 2.47. The standard InChI is InChI=1S/C13H19NO10/c1-6(16)20-4-9-10(14-21-5-15)11(22-7(2)17)12(13(19)24-9)23-8(3)18/h5,9-14,19H,4H2,1-3H3/t9-,10-,11+,12+,13?/m1/s1. The minimum Gasteiger partial charge on any atom is -0.463 e. The highest BCUT2D eigenvalue weighted by molar-refractivity contribution is 5.67. The van der Waals surface area contributed by atoms with Gasteiger partial charge >= 0.3 is 24.4 Å². The summed E-state index contributed by atoms with van der Waals surface area (Å²) in [4.78, 5) is 48.4. The Morgan fingerprint density at radius 1 is 1.08 bits per heavy atom. The minimum atomic E-state index is -1.66. The lowest BCUT2D eigenvalue weighted by atomic mass is 9.96. The monoisotopic (exact) mass is 349 g/mol. The molecule has 0 saturated carbocycles. The summed E-state index contributed by atoms with van der Waals surface area (Å²) in [6, 6.07) is -1.08. The Bertz CT molecular complexity index is 481. The van der Waals surface area contributed by atoms with E-state index >= 15 is 0 Å². The van der Waals surface area contributed by atoms with Crippen LogP contribution in [-0.4, -0.2) is 66.7 Å². The third kappa shape index (κ3) is 5.76. The topological polar surface area (TPSA) is 147 Å². The molecule has 0 aromatic carbocycles. The van der Waals surface area contributed by atoms with Crippen LogP contribution < -0.4 is 5.48 Å². The fraction of sp³-hybridized carbons (Fsp3) is 0.692. The highest BCUT2D eigenvalue weighted by Crippen LogP contribution is 2.25. The molecule has 5 atom stereocenters. The number of rotatable bonds is 7. The van der Waals surface area contributed by atoms with Gasteiger partial charge in [0, 0.05) is 20.8 Å². The molecule has 1 fully saturated rings. The molecular weight excluding hydrogens is 330 g/mol. The maximum absolute atomic E-state index is 11.3. The van der Waals surface area contributed by atoms with Crippen molar-refractivity contribution in [2.24, 2.45) is 0 Å². The highest BCUT2D eigenvalue weighted by Gasteiger charge is 2.50. The van der Waals surface area contributed by atoms with Gasteiger partial charge in [-0.25, -0.2) is 0 Å². The number of carbonyl (C=O) groups is 4. The zero-order valence-corrected chi connectivity index (χ0v) is 13.3. The highest BCUT2D eigenvalue weighted by atomic mass is 16.7. The van der Waals surface area contributed by atoms with Crippen molar-refractivity contribution in [1.82, 2.24) is 5.48 Å². The van der Waals surface area contributed by atoms with Crippen LogP contribution in [0.15, 0.2) is 0 Å². The Morgan fingerprint density at radius 2 is 1.67 bits per heavy atom. The smallest absolute Gasteiger partial charge is 0.312 e. The zero-order chi connectivity index (χ0) is 18.3. The summed E-state index contributed by atoms with van der Waals surface area (Å²) >= 11 is 0. The predicted octanol–water partition coefficient (Wildman–Crippen LogP) is -1.82. The first-order valence-corrected chi connectivity index (χ1v) is 6.92. The van der Waals surface area contributed by atoms with Crippen LogP contribution in [0.5, 0.6) is 0 Å². The molecule has 2 N–H and O–H groups in total. The molecule has 0 aromatic rings. The number of hydrogen-bond acceptors (Lipinski definition) is 11. The third-order valence-electron chi connectivity index (χ3n) is 2.98. The van der Waals surface area contributed by atoms with E-state index < -0.39 is 48.6 Å². The Hall–Kier alpha value is -2.24. The van der Waals surface area contributed by atoms with Crippen molar-refractivity contribution in [1.29, 1.82) is 0 Å². The van der Waals surface area contributed by atoms with Gasteiger partial charge in [-0.2, -0.15) is 0 Å². The van der Waals surface area contributed by atoms with Crippen LogP contribution in [0.1, 0.15) is 20.8 Å². The third-order valence-corrected chi connectivity index (χ3v) is 2.98. The molecule has 1 aliphatic rings.